The lowest BCUT2D eigenvalue weighted by atomic mass is 10.0. The highest BCUT2D eigenvalue weighted by atomic mass is 32.1. The van der Waals surface area contributed by atoms with Gasteiger partial charge in [-0.15, -0.1) is 0 Å². The van der Waals surface area contributed by atoms with E-state index < -0.39 is 17.2 Å². The van der Waals surface area contributed by atoms with E-state index in [0.717, 1.165) is 30.7 Å². The van der Waals surface area contributed by atoms with Crippen LogP contribution in [0.1, 0.15) is 44.7 Å². The van der Waals surface area contributed by atoms with Crippen molar-refractivity contribution in [3.63, 3.8) is 0 Å². The zero-order chi connectivity index (χ0) is 30.4. The van der Waals surface area contributed by atoms with Gasteiger partial charge in [0.25, 0.3) is 0 Å². The summed E-state index contributed by atoms with van der Waals surface area (Å²) >= 11 is 5.36. The number of nitrogen functional groups attached to an aromatic ring is 1. The van der Waals surface area contributed by atoms with Crippen LogP contribution in [0.5, 0.6) is 0 Å². The number of pyridine rings is 1. The maximum atomic E-state index is 15.2. The number of ether oxygens (including phenoxy) is 1. The molecule has 2 aromatic rings. The Morgan fingerprint density at radius 3 is 2.57 bits per heavy atom. The fourth-order valence-corrected chi connectivity index (χ4v) is 4.59. The average Bonchev–Trinajstić information content (AvgIpc) is 3.75. The number of nitrogens with two attached hydrogens (primary N) is 2. The summed E-state index contributed by atoms with van der Waals surface area (Å²) in [5, 5.41) is 5.75. The number of halogens is 2. The van der Waals surface area contributed by atoms with E-state index in [9.17, 15) is 4.79 Å². The third kappa shape index (κ3) is 8.58. The first-order chi connectivity index (χ1) is 19.9. The van der Waals surface area contributed by atoms with E-state index in [1.165, 1.54) is 6.21 Å². The molecule has 2 aliphatic rings. The lowest BCUT2D eigenvalue weighted by Gasteiger charge is -2.35. The predicted octanol–water partition coefficient (Wildman–Crippen LogP) is 4.58. The molecular formula is C29H38F2N8O2S. The Hall–Kier alpha value is -3.84. The summed E-state index contributed by atoms with van der Waals surface area (Å²) in [5.41, 5.74) is 11.5. The third-order valence-electron chi connectivity index (χ3n) is 6.76. The Labute approximate surface area is 250 Å². The van der Waals surface area contributed by atoms with Crippen LogP contribution in [0, 0.1) is 17.6 Å². The number of allylic oxidation sites excluding steroid dienone is 1. The SMILES string of the molecule is CC(C)(C)OC(=O)N1CCN(Cc2ccnc(NC(=S)Nc3cc(F)c(C(C=NCC4CC4)=CN)c(F)c3N)c2)CC1. The van der Waals surface area contributed by atoms with Crippen LogP contribution in [-0.2, 0) is 11.3 Å². The number of carbonyl (C=O) groups excluding carboxylic acids is 1. The number of nitrogens with zero attached hydrogens (tertiary/aromatic N) is 4. The maximum absolute atomic E-state index is 15.2. The smallest absolute Gasteiger partial charge is 0.410 e. The van der Waals surface area contributed by atoms with Gasteiger partial charge in [0.15, 0.2) is 10.9 Å². The number of thiocarbonyl (C=S) groups is 1. The van der Waals surface area contributed by atoms with Crippen molar-refractivity contribution in [3.05, 3.63) is 53.4 Å². The van der Waals surface area contributed by atoms with Gasteiger partial charge in [-0.1, -0.05) is 0 Å². The predicted molar refractivity (Wildman–Crippen MR) is 166 cm³/mol. The molecule has 1 saturated carbocycles. The van der Waals surface area contributed by atoms with Gasteiger partial charge >= 0.3 is 6.09 Å². The highest BCUT2D eigenvalue weighted by Gasteiger charge is 2.26. The molecule has 4 rings (SSSR count). The van der Waals surface area contributed by atoms with Gasteiger partial charge in [-0.05, 0) is 69.4 Å². The minimum Gasteiger partial charge on any atom is -0.444 e. The molecule has 1 amide bonds. The molecule has 1 saturated heterocycles. The van der Waals surface area contributed by atoms with Crippen LogP contribution in [-0.4, -0.2) is 70.5 Å². The topological polar surface area (TPSA) is 134 Å². The fraction of sp³-hybridized carbons (Fsp3) is 0.448. The Morgan fingerprint density at radius 2 is 1.93 bits per heavy atom. The molecule has 2 heterocycles. The van der Waals surface area contributed by atoms with E-state index >= 15 is 8.78 Å². The minimum absolute atomic E-state index is 0.0310. The molecule has 1 aliphatic heterocycles. The lowest BCUT2D eigenvalue weighted by Crippen LogP contribution is -2.49. The van der Waals surface area contributed by atoms with E-state index in [-0.39, 0.29) is 33.7 Å². The molecule has 0 atom stereocenters. The summed E-state index contributed by atoms with van der Waals surface area (Å²) in [5.74, 6) is -0.833. The first kappa shape index (κ1) is 31.1. The largest absolute Gasteiger partial charge is 0.444 e. The summed E-state index contributed by atoms with van der Waals surface area (Å²) in [4.78, 5) is 24.8. The molecule has 1 aromatic carbocycles. The molecule has 0 spiro atoms. The van der Waals surface area contributed by atoms with Gasteiger partial charge in [0.2, 0.25) is 0 Å². The molecule has 10 nitrogen and oxygen atoms in total. The van der Waals surface area contributed by atoms with Crippen LogP contribution in [0.2, 0.25) is 0 Å². The molecule has 2 fully saturated rings. The number of aliphatic imine (C=N–C) groups is 1. The first-order valence-corrected chi connectivity index (χ1v) is 14.3. The lowest BCUT2D eigenvalue weighted by molar-refractivity contribution is 0.0139. The maximum Gasteiger partial charge on any atom is 0.410 e. The molecule has 0 bridgehead atoms. The first-order valence-electron chi connectivity index (χ1n) is 13.9. The Morgan fingerprint density at radius 1 is 1.21 bits per heavy atom. The number of benzene rings is 1. The zero-order valence-electron chi connectivity index (χ0n) is 24.1. The number of rotatable bonds is 8. The van der Waals surface area contributed by atoms with Crippen molar-refractivity contribution in [3.8, 4) is 0 Å². The van der Waals surface area contributed by atoms with Crippen molar-refractivity contribution in [1.82, 2.24) is 14.8 Å². The second kappa shape index (κ2) is 13.4. The number of amides is 1. The summed E-state index contributed by atoms with van der Waals surface area (Å²) in [6.45, 7) is 9.33. The standard InChI is InChI=1S/C29H38F2N8O2S/c1-29(2,3)41-28(40)39-10-8-38(9-11-39)17-19-6-7-35-23(12-19)37-27(42)36-22-13-21(30)24(25(31)26(22)33)20(14-32)16-34-15-18-4-5-18/h6-7,12-14,16,18H,4-5,8-11,15,17,32-33H2,1-3H3,(H2,35,36,37,42). The van der Waals surface area contributed by atoms with E-state index in [4.69, 9.17) is 28.4 Å². The molecule has 0 unspecified atom stereocenters. The Bertz CT molecular complexity index is 1370. The van der Waals surface area contributed by atoms with Gasteiger partial charge < -0.3 is 31.7 Å². The zero-order valence-corrected chi connectivity index (χ0v) is 24.9. The monoisotopic (exact) mass is 600 g/mol. The second-order valence-electron chi connectivity index (χ2n) is 11.4. The van der Waals surface area contributed by atoms with Crippen LogP contribution in [0.4, 0.5) is 30.8 Å². The molecular weight excluding hydrogens is 562 g/mol. The van der Waals surface area contributed by atoms with Gasteiger partial charge in [-0.25, -0.2) is 18.6 Å². The van der Waals surface area contributed by atoms with E-state index in [0.29, 0.717) is 51.0 Å². The quantitative estimate of drug-likeness (QED) is 0.195. The van der Waals surface area contributed by atoms with Crippen molar-refractivity contribution >= 4 is 52.4 Å². The molecule has 1 aromatic heterocycles. The Balaban J connectivity index is 1.34. The average molecular weight is 601 g/mol. The van der Waals surface area contributed by atoms with Crippen molar-refractivity contribution < 1.29 is 18.3 Å². The van der Waals surface area contributed by atoms with E-state index in [1.807, 2.05) is 32.9 Å². The van der Waals surface area contributed by atoms with Gasteiger partial charge in [0.1, 0.15) is 17.2 Å². The molecule has 226 valence electrons. The van der Waals surface area contributed by atoms with Crippen molar-refractivity contribution in [2.45, 2.75) is 45.8 Å². The summed E-state index contributed by atoms with van der Waals surface area (Å²) in [6, 6.07) is 4.79. The highest BCUT2D eigenvalue weighted by molar-refractivity contribution is 7.80. The molecule has 1 aliphatic carbocycles. The van der Waals surface area contributed by atoms with Gasteiger partial charge in [-0.2, -0.15) is 0 Å². The molecule has 13 heteroatoms. The second-order valence-corrected chi connectivity index (χ2v) is 11.8. The third-order valence-corrected chi connectivity index (χ3v) is 6.96. The van der Waals surface area contributed by atoms with Crippen molar-refractivity contribution in [2.75, 3.05) is 49.1 Å². The van der Waals surface area contributed by atoms with Crippen molar-refractivity contribution in [2.24, 2.45) is 16.6 Å². The number of anilines is 3. The minimum atomic E-state index is -0.957. The summed E-state index contributed by atoms with van der Waals surface area (Å²) in [7, 11) is 0. The van der Waals surface area contributed by atoms with Gasteiger partial charge in [0, 0.05) is 69.5 Å². The normalized spacial score (nSPS) is 16.5. The van der Waals surface area contributed by atoms with Crippen molar-refractivity contribution in [1.29, 1.82) is 0 Å². The van der Waals surface area contributed by atoms with E-state index in [1.54, 1.807) is 11.1 Å². The number of nitrogens with one attached hydrogen (secondary N) is 2. The highest BCUT2D eigenvalue weighted by Crippen LogP contribution is 2.32. The summed E-state index contributed by atoms with van der Waals surface area (Å²) in [6.07, 6.45) is 6.04. The van der Waals surface area contributed by atoms with Crippen LogP contribution in [0.15, 0.2) is 35.6 Å². The molecule has 6 N–H and O–H groups in total. The number of hydrogen-bond acceptors (Lipinski definition) is 8. The van der Waals surface area contributed by atoms with Crippen LogP contribution < -0.4 is 22.1 Å². The molecule has 0 radical (unpaired) electrons. The van der Waals surface area contributed by atoms with Crippen LogP contribution in [0.25, 0.3) is 5.57 Å². The van der Waals surface area contributed by atoms with Crippen LogP contribution in [0.3, 0.4) is 0 Å². The van der Waals surface area contributed by atoms with E-state index in [2.05, 4.69) is 25.5 Å². The van der Waals surface area contributed by atoms with Crippen LogP contribution >= 0.6 is 12.2 Å². The van der Waals surface area contributed by atoms with Gasteiger partial charge in [-0.3, -0.25) is 9.89 Å². The number of piperazine rings is 1. The number of carbonyl (C=O) groups is 1. The number of hydrogen-bond donors (Lipinski definition) is 4. The molecule has 42 heavy (non-hydrogen) atoms. The fourth-order valence-electron chi connectivity index (χ4n) is 4.38. The van der Waals surface area contributed by atoms with Gasteiger partial charge in [0.05, 0.1) is 16.9 Å². The Kier molecular flexibility index (Phi) is 9.94. The summed E-state index contributed by atoms with van der Waals surface area (Å²) < 4.78 is 35.7. The number of aromatic nitrogens is 1.